The monoisotopic (exact) mass is 219 g/mol. The Kier molecular flexibility index (Phi) is 2.52. The van der Waals surface area contributed by atoms with E-state index < -0.39 is 0 Å². The molecule has 0 unspecified atom stereocenters. The average molecular weight is 220 g/mol. The third-order valence-electron chi connectivity index (χ3n) is 2.19. The van der Waals surface area contributed by atoms with Crippen LogP contribution in [-0.2, 0) is 0 Å². The normalized spacial score (nSPS) is 10.2. The Labute approximate surface area is 92.9 Å². The Morgan fingerprint density at radius 1 is 1.07 bits per heavy atom. The SMILES string of the molecule is Nc1cc(Cl)cc(-c2ccccc2)c1O. The summed E-state index contributed by atoms with van der Waals surface area (Å²) in [5, 5.41) is 10.3. The number of hydrogen-bond acceptors (Lipinski definition) is 2. The molecule has 0 fully saturated rings. The van der Waals surface area contributed by atoms with E-state index in [1.165, 1.54) is 6.07 Å². The number of rotatable bonds is 1. The van der Waals surface area contributed by atoms with Crippen LogP contribution < -0.4 is 5.73 Å². The van der Waals surface area contributed by atoms with E-state index in [2.05, 4.69) is 0 Å². The Bertz CT molecular complexity index is 482. The molecule has 0 aromatic heterocycles. The van der Waals surface area contributed by atoms with Crippen molar-refractivity contribution in [3.63, 3.8) is 0 Å². The maximum Gasteiger partial charge on any atom is 0.146 e. The highest BCUT2D eigenvalue weighted by molar-refractivity contribution is 6.31. The molecule has 0 aliphatic heterocycles. The van der Waals surface area contributed by atoms with Gasteiger partial charge in [-0.3, -0.25) is 0 Å². The molecule has 3 heteroatoms. The molecule has 2 aromatic carbocycles. The number of nitrogen functional groups attached to an aromatic ring is 1. The lowest BCUT2D eigenvalue weighted by molar-refractivity contribution is 0.480. The second-order valence-corrected chi connectivity index (χ2v) is 3.69. The van der Waals surface area contributed by atoms with Gasteiger partial charge in [0.2, 0.25) is 0 Å². The molecule has 0 bridgehead atoms. The molecule has 0 atom stereocenters. The number of hydrogen-bond donors (Lipinski definition) is 2. The molecule has 0 heterocycles. The molecule has 0 saturated carbocycles. The van der Waals surface area contributed by atoms with Gasteiger partial charge >= 0.3 is 0 Å². The van der Waals surface area contributed by atoms with E-state index in [0.29, 0.717) is 16.3 Å². The van der Waals surface area contributed by atoms with Gasteiger partial charge in [-0.15, -0.1) is 0 Å². The van der Waals surface area contributed by atoms with Crippen LogP contribution in [0.1, 0.15) is 0 Å². The highest BCUT2D eigenvalue weighted by Crippen LogP contribution is 2.36. The van der Waals surface area contributed by atoms with E-state index in [1.807, 2.05) is 30.3 Å². The zero-order valence-electron chi connectivity index (χ0n) is 7.94. The lowest BCUT2D eigenvalue weighted by Gasteiger charge is -2.07. The summed E-state index contributed by atoms with van der Waals surface area (Å²) in [7, 11) is 0. The maximum atomic E-state index is 9.79. The van der Waals surface area contributed by atoms with E-state index in [0.717, 1.165) is 5.56 Å². The molecule has 2 aromatic rings. The van der Waals surface area contributed by atoms with E-state index in [9.17, 15) is 5.11 Å². The maximum absolute atomic E-state index is 9.79. The van der Waals surface area contributed by atoms with Crippen LogP contribution in [0.5, 0.6) is 5.75 Å². The standard InChI is InChI=1S/C12H10ClNO/c13-9-6-10(12(15)11(14)7-9)8-4-2-1-3-5-8/h1-7,15H,14H2. The minimum Gasteiger partial charge on any atom is -0.505 e. The lowest BCUT2D eigenvalue weighted by Crippen LogP contribution is -1.88. The third-order valence-corrected chi connectivity index (χ3v) is 2.41. The molecule has 2 rings (SSSR count). The Hall–Kier alpha value is -1.67. The van der Waals surface area contributed by atoms with Crippen molar-refractivity contribution in [2.45, 2.75) is 0 Å². The molecule has 3 N–H and O–H groups in total. The van der Waals surface area contributed by atoms with Crippen LogP contribution in [0.4, 0.5) is 5.69 Å². The van der Waals surface area contributed by atoms with Crippen molar-refractivity contribution in [3.8, 4) is 16.9 Å². The Morgan fingerprint density at radius 2 is 1.73 bits per heavy atom. The summed E-state index contributed by atoms with van der Waals surface area (Å²) in [6.07, 6.45) is 0. The van der Waals surface area contributed by atoms with Crippen LogP contribution in [0.3, 0.4) is 0 Å². The fourth-order valence-electron chi connectivity index (χ4n) is 1.46. The minimum absolute atomic E-state index is 0.0746. The molecule has 0 aliphatic rings. The summed E-state index contributed by atoms with van der Waals surface area (Å²) in [4.78, 5) is 0. The van der Waals surface area contributed by atoms with Gasteiger partial charge in [0.15, 0.2) is 0 Å². The molecule has 0 spiro atoms. The van der Waals surface area contributed by atoms with Crippen molar-refractivity contribution >= 4 is 17.3 Å². The number of anilines is 1. The van der Waals surface area contributed by atoms with Gasteiger partial charge in [-0.2, -0.15) is 0 Å². The number of halogens is 1. The molecular weight excluding hydrogens is 210 g/mol. The minimum atomic E-state index is 0.0746. The van der Waals surface area contributed by atoms with Crippen molar-refractivity contribution in [2.75, 3.05) is 5.73 Å². The number of phenols is 1. The van der Waals surface area contributed by atoms with E-state index in [-0.39, 0.29) is 5.75 Å². The second kappa shape index (κ2) is 3.83. The number of nitrogens with two attached hydrogens (primary N) is 1. The highest BCUT2D eigenvalue weighted by atomic mass is 35.5. The zero-order valence-corrected chi connectivity index (χ0v) is 8.70. The van der Waals surface area contributed by atoms with Crippen LogP contribution in [0.15, 0.2) is 42.5 Å². The number of aromatic hydroxyl groups is 1. The van der Waals surface area contributed by atoms with Crippen LogP contribution in [-0.4, -0.2) is 5.11 Å². The van der Waals surface area contributed by atoms with Crippen LogP contribution in [0, 0.1) is 0 Å². The Morgan fingerprint density at radius 3 is 2.40 bits per heavy atom. The lowest BCUT2D eigenvalue weighted by atomic mass is 10.0. The molecule has 0 radical (unpaired) electrons. The topological polar surface area (TPSA) is 46.2 Å². The smallest absolute Gasteiger partial charge is 0.146 e. The summed E-state index contributed by atoms with van der Waals surface area (Å²) in [6.45, 7) is 0. The molecular formula is C12H10ClNO. The van der Waals surface area contributed by atoms with Crippen LogP contribution >= 0.6 is 11.6 Å². The summed E-state index contributed by atoms with van der Waals surface area (Å²) in [6, 6.07) is 12.7. The molecule has 0 amide bonds. The van der Waals surface area contributed by atoms with Gasteiger partial charge in [0.1, 0.15) is 5.75 Å². The van der Waals surface area contributed by atoms with Crippen molar-refractivity contribution in [1.82, 2.24) is 0 Å². The van der Waals surface area contributed by atoms with E-state index in [4.69, 9.17) is 17.3 Å². The fraction of sp³-hybridized carbons (Fsp3) is 0. The second-order valence-electron chi connectivity index (χ2n) is 3.26. The van der Waals surface area contributed by atoms with Crippen LogP contribution in [0.2, 0.25) is 5.02 Å². The van der Waals surface area contributed by atoms with Gasteiger partial charge in [-0.25, -0.2) is 0 Å². The van der Waals surface area contributed by atoms with Gasteiger partial charge in [0, 0.05) is 10.6 Å². The molecule has 15 heavy (non-hydrogen) atoms. The third kappa shape index (κ3) is 1.90. The first-order valence-electron chi connectivity index (χ1n) is 4.52. The van der Waals surface area contributed by atoms with Crippen molar-refractivity contribution in [2.24, 2.45) is 0 Å². The summed E-state index contributed by atoms with van der Waals surface area (Å²) in [5.74, 6) is 0.0746. The Balaban J connectivity index is 2.63. The fourth-order valence-corrected chi connectivity index (χ4v) is 1.68. The predicted octanol–water partition coefficient (Wildman–Crippen LogP) is 3.29. The van der Waals surface area contributed by atoms with Crippen molar-refractivity contribution < 1.29 is 5.11 Å². The number of phenolic OH excluding ortho intramolecular Hbond substituents is 1. The van der Waals surface area contributed by atoms with Crippen molar-refractivity contribution in [1.29, 1.82) is 0 Å². The zero-order chi connectivity index (χ0) is 10.8. The molecule has 0 saturated heterocycles. The molecule has 76 valence electrons. The highest BCUT2D eigenvalue weighted by Gasteiger charge is 2.08. The first-order chi connectivity index (χ1) is 7.18. The van der Waals surface area contributed by atoms with E-state index in [1.54, 1.807) is 6.07 Å². The predicted molar refractivity (Wildman–Crippen MR) is 63.0 cm³/mol. The summed E-state index contributed by atoms with van der Waals surface area (Å²) >= 11 is 5.88. The molecule has 0 aliphatic carbocycles. The van der Waals surface area contributed by atoms with Gasteiger partial charge in [0.25, 0.3) is 0 Å². The largest absolute Gasteiger partial charge is 0.505 e. The summed E-state index contributed by atoms with van der Waals surface area (Å²) < 4.78 is 0. The average Bonchev–Trinajstić information content (AvgIpc) is 2.24. The van der Waals surface area contributed by atoms with Crippen molar-refractivity contribution in [3.05, 3.63) is 47.5 Å². The molecule has 2 nitrogen and oxygen atoms in total. The number of benzene rings is 2. The van der Waals surface area contributed by atoms with Gasteiger partial charge in [0.05, 0.1) is 5.69 Å². The van der Waals surface area contributed by atoms with Gasteiger partial charge < -0.3 is 10.8 Å². The summed E-state index contributed by atoms with van der Waals surface area (Å²) in [5.41, 5.74) is 7.46. The van der Waals surface area contributed by atoms with Gasteiger partial charge in [-0.05, 0) is 17.7 Å². The van der Waals surface area contributed by atoms with Crippen LogP contribution in [0.25, 0.3) is 11.1 Å². The quantitative estimate of drug-likeness (QED) is 0.571. The van der Waals surface area contributed by atoms with E-state index >= 15 is 0 Å². The first kappa shape index (κ1) is 9.87. The van der Waals surface area contributed by atoms with Gasteiger partial charge in [-0.1, -0.05) is 41.9 Å². The first-order valence-corrected chi connectivity index (χ1v) is 4.89.